The fourth-order valence-corrected chi connectivity index (χ4v) is 3.47. The molecule has 3 rings (SSSR count). The predicted molar refractivity (Wildman–Crippen MR) is 92.4 cm³/mol. The molecule has 25 heavy (non-hydrogen) atoms. The number of nitrogens with one attached hydrogen (secondary N) is 2. The Morgan fingerprint density at radius 3 is 2.80 bits per heavy atom. The van der Waals surface area contributed by atoms with Crippen molar-refractivity contribution in [1.29, 1.82) is 0 Å². The molecular weight excluding hydrogens is 323 g/mol. The van der Waals surface area contributed by atoms with Gasteiger partial charge in [0.1, 0.15) is 5.82 Å². The Labute approximate surface area is 147 Å². The average Bonchev–Trinajstić information content (AvgIpc) is 3.06. The minimum absolute atomic E-state index is 0.00892. The highest BCUT2D eigenvalue weighted by Gasteiger charge is 2.31. The Morgan fingerprint density at radius 2 is 2.08 bits per heavy atom. The molecule has 2 saturated heterocycles. The topological polar surface area (TPSA) is 64.7 Å². The summed E-state index contributed by atoms with van der Waals surface area (Å²) in [7, 11) is 0. The number of halogens is 1. The summed E-state index contributed by atoms with van der Waals surface area (Å²) in [5.74, 6) is -0.285. The van der Waals surface area contributed by atoms with E-state index in [1.165, 1.54) is 12.1 Å². The Morgan fingerprint density at radius 1 is 1.28 bits per heavy atom. The molecule has 0 saturated carbocycles. The molecule has 1 aromatic carbocycles. The molecule has 2 N–H and O–H groups in total. The van der Waals surface area contributed by atoms with E-state index in [0.717, 1.165) is 44.6 Å². The van der Waals surface area contributed by atoms with Crippen molar-refractivity contribution >= 4 is 11.9 Å². The Balaban J connectivity index is 1.39. The summed E-state index contributed by atoms with van der Waals surface area (Å²) >= 11 is 0. The van der Waals surface area contributed by atoms with Gasteiger partial charge in [0.2, 0.25) is 5.91 Å². The highest BCUT2D eigenvalue weighted by atomic mass is 19.1. The number of benzene rings is 1. The van der Waals surface area contributed by atoms with Crippen molar-refractivity contribution in [3.8, 4) is 0 Å². The molecule has 0 aliphatic carbocycles. The van der Waals surface area contributed by atoms with E-state index < -0.39 is 0 Å². The molecule has 0 aromatic heterocycles. The average molecular weight is 348 g/mol. The van der Waals surface area contributed by atoms with E-state index in [1.807, 2.05) is 4.90 Å². The molecule has 6 nitrogen and oxygen atoms in total. The van der Waals surface area contributed by atoms with E-state index in [0.29, 0.717) is 19.5 Å². The molecule has 2 aliphatic rings. The zero-order valence-electron chi connectivity index (χ0n) is 14.3. The van der Waals surface area contributed by atoms with E-state index in [9.17, 15) is 14.0 Å². The summed E-state index contributed by atoms with van der Waals surface area (Å²) in [5, 5.41) is 5.72. The van der Waals surface area contributed by atoms with Crippen LogP contribution in [0.15, 0.2) is 24.3 Å². The van der Waals surface area contributed by atoms with Gasteiger partial charge in [0.15, 0.2) is 0 Å². The van der Waals surface area contributed by atoms with Crippen molar-refractivity contribution in [2.45, 2.75) is 31.8 Å². The van der Waals surface area contributed by atoms with E-state index >= 15 is 0 Å². The molecule has 2 fully saturated rings. The van der Waals surface area contributed by atoms with E-state index in [4.69, 9.17) is 0 Å². The Kier molecular flexibility index (Phi) is 5.86. The summed E-state index contributed by atoms with van der Waals surface area (Å²) < 4.78 is 12.9. The second kappa shape index (κ2) is 8.29. The van der Waals surface area contributed by atoms with Crippen LogP contribution in [0.25, 0.3) is 0 Å². The quantitative estimate of drug-likeness (QED) is 0.815. The molecule has 0 bridgehead atoms. The molecule has 1 aromatic rings. The van der Waals surface area contributed by atoms with E-state index in [1.54, 1.807) is 12.1 Å². The first-order valence-corrected chi connectivity index (χ1v) is 8.90. The molecule has 1 atom stereocenters. The van der Waals surface area contributed by atoms with Gasteiger partial charge in [-0.15, -0.1) is 0 Å². The van der Waals surface area contributed by atoms with Crippen LogP contribution in [-0.2, 0) is 11.3 Å². The number of hydrogen-bond donors (Lipinski definition) is 2. The standard InChI is InChI=1S/C18H25FN4O2/c19-15-5-3-14(4-6-15)12-21-17(24)7-10-22-9-1-2-16(13-22)23-11-8-20-18(23)25/h3-6,16H,1-2,7-13H2,(H,20,25)(H,21,24). The fraction of sp³-hybridized carbons (Fsp3) is 0.556. The predicted octanol–water partition coefficient (Wildman–Crippen LogP) is 1.32. The number of urea groups is 1. The van der Waals surface area contributed by atoms with Crippen LogP contribution in [0.2, 0.25) is 0 Å². The van der Waals surface area contributed by atoms with Crippen LogP contribution in [0.4, 0.5) is 9.18 Å². The number of rotatable bonds is 6. The van der Waals surface area contributed by atoms with E-state index in [2.05, 4.69) is 15.5 Å². The Bertz CT molecular complexity index is 608. The lowest BCUT2D eigenvalue weighted by atomic mass is 10.0. The van der Waals surface area contributed by atoms with Gasteiger partial charge in [-0.1, -0.05) is 12.1 Å². The van der Waals surface area contributed by atoms with Gasteiger partial charge in [-0.25, -0.2) is 9.18 Å². The number of amides is 3. The summed E-state index contributed by atoms with van der Waals surface area (Å²) in [6, 6.07) is 6.41. The molecule has 2 aliphatic heterocycles. The van der Waals surface area contributed by atoms with Crippen LogP contribution in [0, 0.1) is 5.82 Å². The first kappa shape index (κ1) is 17.7. The highest BCUT2D eigenvalue weighted by Crippen LogP contribution is 2.17. The molecule has 136 valence electrons. The van der Waals surface area contributed by atoms with Crippen molar-refractivity contribution in [3.05, 3.63) is 35.6 Å². The lowest BCUT2D eigenvalue weighted by Crippen LogP contribution is -2.49. The number of carbonyl (C=O) groups excluding carboxylic acids is 2. The monoisotopic (exact) mass is 348 g/mol. The lowest BCUT2D eigenvalue weighted by molar-refractivity contribution is -0.121. The summed E-state index contributed by atoms with van der Waals surface area (Å²) in [5.41, 5.74) is 0.882. The number of piperidine rings is 1. The third kappa shape index (κ3) is 4.92. The van der Waals surface area contributed by atoms with Gasteiger partial charge in [0.05, 0.1) is 0 Å². The third-order valence-corrected chi connectivity index (χ3v) is 4.87. The van der Waals surface area contributed by atoms with Crippen LogP contribution in [0.1, 0.15) is 24.8 Å². The first-order chi connectivity index (χ1) is 12.1. The summed E-state index contributed by atoms with van der Waals surface area (Å²) in [6.07, 6.45) is 2.51. The molecule has 1 unspecified atom stereocenters. The molecule has 3 amide bonds. The van der Waals surface area contributed by atoms with Crippen LogP contribution in [0.3, 0.4) is 0 Å². The molecule has 0 radical (unpaired) electrons. The Hall–Kier alpha value is -2.15. The van der Waals surface area contributed by atoms with Crippen molar-refractivity contribution in [2.75, 3.05) is 32.7 Å². The van der Waals surface area contributed by atoms with Crippen molar-refractivity contribution in [2.24, 2.45) is 0 Å². The minimum Gasteiger partial charge on any atom is -0.352 e. The maximum absolute atomic E-state index is 12.9. The van der Waals surface area contributed by atoms with Gasteiger partial charge < -0.3 is 20.4 Å². The first-order valence-electron chi connectivity index (χ1n) is 8.90. The van der Waals surface area contributed by atoms with Gasteiger partial charge in [0.25, 0.3) is 0 Å². The van der Waals surface area contributed by atoms with Gasteiger partial charge in [-0.05, 0) is 37.1 Å². The fourth-order valence-electron chi connectivity index (χ4n) is 3.47. The largest absolute Gasteiger partial charge is 0.352 e. The molecule has 0 spiro atoms. The summed E-state index contributed by atoms with van der Waals surface area (Å²) in [6.45, 7) is 4.41. The lowest BCUT2D eigenvalue weighted by Gasteiger charge is -2.36. The van der Waals surface area contributed by atoms with Crippen LogP contribution < -0.4 is 10.6 Å². The van der Waals surface area contributed by atoms with E-state index in [-0.39, 0.29) is 23.8 Å². The molecular formula is C18H25FN4O2. The number of carbonyl (C=O) groups is 2. The van der Waals surface area contributed by atoms with Crippen molar-refractivity contribution in [1.82, 2.24) is 20.4 Å². The highest BCUT2D eigenvalue weighted by molar-refractivity contribution is 5.76. The minimum atomic E-state index is -0.276. The van der Waals surface area contributed by atoms with Crippen LogP contribution in [0.5, 0.6) is 0 Å². The van der Waals surface area contributed by atoms with Crippen LogP contribution >= 0.6 is 0 Å². The maximum Gasteiger partial charge on any atom is 0.317 e. The van der Waals surface area contributed by atoms with Crippen molar-refractivity contribution < 1.29 is 14.0 Å². The molecule has 7 heteroatoms. The van der Waals surface area contributed by atoms with Crippen molar-refractivity contribution in [3.63, 3.8) is 0 Å². The number of likely N-dealkylation sites (tertiary alicyclic amines) is 1. The smallest absolute Gasteiger partial charge is 0.317 e. The van der Waals surface area contributed by atoms with Gasteiger partial charge >= 0.3 is 6.03 Å². The second-order valence-electron chi connectivity index (χ2n) is 6.68. The van der Waals surface area contributed by atoms with Crippen LogP contribution in [-0.4, -0.2) is 60.5 Å². The van der Waals surface area contributed by atoms with Gasteiger partial charge in [0, 0.05) is 45.2 Å². The van der Waals surface area contributed by atoms with Gasteiger partial charge in [-0.3, -0.25) is 4.79 Å². The number of nitrogens with zero attached hydrogens (tertiary/aromatic N) is 2. The second-order valence-corrected chi connectivity index (χ2v) is 6.68. The normalized spacial score (nSPS) is 21.2. The zero-order valence-corrected chi connectivity index (χ0v) is 14.3. The number of hydrogen-bond acceptors (Lipinski definition) is 3. The SMILES string of the molecule is O=C(CCN1CCCC(N2CCNC2=O)C1)NCc1ccc(F)cc1. The van der Waals surface area contributed by atoms with Gasteiger partial charge in [-0.2, -0.15) is 0 Å². The molecule has 2 heterocycles. The maximum atomic E-state index is 12.9. The summed E-state index contributed by atoms with van der Waals surface area (Å²) in [4.78, 5) is 28.0. The third-order valence-electron chi connectivity index (χ3n) is 4.87. The zero-order chi connectivity index (χ0) is 17.6.